The molecule has 0 heterocycles. The second-order valence-electron chi connectivity index (χ2n) is 16.0. The minimum Gasteiger partial charge on any atom is -0.311 e. The zero-order chi connectivity index (χ0) is 36.2. The lowest BCUT2D eigenvalue weighted by atomic mass is 9.69. The van der Waals surface area contributed by atoms with Crippen LogP contribution in [0, 0.1) is 10.8 Å². The SMILES string of the molecule is C/C=C(\C=C/CC)N(c1ccc(N(c2ccc(C(CC(C)(C)C)C(C)(C)C)cc2)c2ccc3ccccc3c2)cc1)c1ccc2ccccc2c1. The van der Waals surface area contributed by atoms with Gasteiger partial charge in [0.2, 0.25) is 0 Å². The molecule has 0 amide bonds. The Labute approximate surface area is 306 Å². The molecule has 6 rings (SSSR count). The number of hydrogen-bond acceptors (Lipinski definition) is 2. The molecule has 0 aliphatic heterocycles. The van der Waals surface area contributed by atoms with Crippen molar-refractivity contribution in [3.05, 3.63) is 163 Å². The van der Waals surface area contributed by atoms with Crippen LogP contribution in [0.5, 0.6) is 0 Å². The molecule has 51 heavy (non-hydrogen) atoms. The van der Waals surface area contributed by atoms with E-state index in [1.165, 1.54) is 27.1 Å². The maximum atomic E-state index is 2.39. The fraction of sp³-hybridized carbons (Fsp3) is 0.265. The highest BCUT2D eigenvalue weighted by atomic mass is 15.2. The van der Waals surface area contributed by atoms with E-state index in [9.17, 15) is 0 Å². The molecule has 0 saturated carbocycles. The Morgan fingerprint density at radius 3 is 1.55 bits per heavy atom. The Bertz CT molecular complexity index is 2140. The van der Waals surface area contributed by atoms with Crippen molar-refractivity contribution in [1.29, 1.82) is 0 Å². The third kappa shape index (κ3) is 8.29. The fourth-order valence-corrected chi connectivity index (χ4v) is 7.21. The van der Waals surface area contributed by atoms with Gasteiger partial charge in [-0.1, -0.05) is 133 Å². The number of fused-ring (bicyclic) bond motifs is 2. The highest BCUT2D eigenvalue weighted by Gasteiger charge is 2.30. The van der Waals surface area contributed by atoms with Gasteiger partial charge in [0.05, 0.1) is 0 Å². The van der Waals surface area contributed by atoms with Gasteiger partial charge in [0.25, 0.3) is 0 Å². The van der Waals surface area contributed by atoms with Crippen molar-refractivity contribution in [2.24, 2.45) is 10.8 Å². The standard InChI is InChI=1S/C49H54N2/c1-9-11-20-41(10-2)50(45-27-21-36-16-12-14-18-39(36)33-45)43-29-31-44(32-30-43)51(46-28-22-37-17-13-15-19-40(37)34-46)42-25-23-38(24-26-42)47(49(6,7)8)35-48(3,4)5/h10-34,47H,9,35H2,1-8H3/b20-11-,41-10+. The van der Waals surface area contributed by atoms with E-state index >= 15 is 0 Å². The summed E-state index contributed by atoms with van der Waals surface area (Å²) in [6.45, 7) is 18.5. The predicted molar refractivity (Wildman–Crippen MR) is 224 cm³/mol. The van der Waals surface area contributed by atoms with Crippen molar-refractivity contribution in [3.63, 3.8) is 0 Å². The van der Waals surface area contributed by atoms with Crippen LogP contribution in [0.15, 0.2) is 157 Å². The van der Waals surface area contributed by atoms with Gasteiger partial charge in [0.15, 0.2) is 0 Å². The lowest BCUT2D eigenvalue weighted by molar-refractivity contribution is 0.229. The van der Waals surface area contributed by atoms with Gasteiger partial charge < -0.3 is 9.80 Å². The minimum atomic E-state index is 0.164. The van der Waals surface area contributed by atoms with Crippen LogP contribution in [0.4, 0.5) is 28.4 Å². The van der Waals surface area contributed by atoms with E-state index in [-0.39, 0.29) is 10.8 Å². The van der Waals surface area contributed by atoms with Crippen molar-refractivity contribution in [2.75, 3.05) is 9.80 Å². The van der Waals surface area contributed by atoms with Crippen LogP contribution in [0.1, 0.15) is 79.7 Å². The van der Waals surface area contributed by atoms with Gasteiger partial charge in [-0.2, -0.15) is 0 Å². The molecule has 2 nitrogen and oxygen atoms in total. The van der Waals surface area contributed by atoms with E-state index in [1.54, 1.807) is 0 Å². The molecular weight excluding hydrogens is 617 g/mol. The van der Waals surface area contributed by atoms with Crippen molar-refractivity contribution in [3.8, 4) is 0 Å². The summed E-state index contributed by atoms with van der Waals surface area (Å²) in [4.78, 5) is 4.75. The van der Waals surface area contributed by atoms with E-state index in [2.05, 4.69) is 217 Å². The smallest absolute Gasteiger partial charge is 0.0468 e. The van der Waals surface area contributed by atoms with Gasteiger partial charge in [-0.3, -0.25) is 0 Å². The van der Waals surface area contributed by atoms with Crippen LogP contribution in [-0.4, -0.2) is 0 Å². The van der Waals surface area contributed by atoms with E-state index < -0.39 is 0 Å². The maximum Gasteiger partial charge on any atom is 0.0468 e. The Kier molecular flexibility index (Phi) is 10.5. The number of nitrogens with zero attached hydrogens (tertiary/aromatic N) is 2. The van der Waals surface area contributed by atoms with Gasteiger partial charge in [-0.25, -0.2) is 0 Å². The molecule has 260 valence electrons. The predicted octanol–water partition coefficient (Wildman–Crippen LogP) is 15.0. The Morgan fingerprint density at radius 1 is 0.569 bits per heavy atom. The zero-order valence-corrected chi connectivity index (χ0v) is 31.8. The summed E-state index contributed by atoms with van der Waals surface area (Å²) in [5, 5.41) is 4.95. The number of rotatable bonds is 10. The molecule has 2 heteroatoms. The third-order valence-corrected chi connectivity index (χ3v) is 9.84. The maximum absolute atomic E-state index is 2.39. The second kappa shape index (κ2) is 15.0. The Morgan fingerprint density at radius 2 is 1.04 bits per heavy atom. The Balaban J connectivity index is 1.44. The van der Waals surface area contributed by atoms with Gasteiger partial charge in [-0.05, 0) is 130 Å². The van der Waals surface area contributed by atoms with E-state index in [0.717, 1.165) is 47.0 Å². The van der Waals surface area contributed by atoms with Gasteiger partial charge >= 0.3 is 0 Å². The molecule has 0 radical (unpaired) electrons. The molecule has 6 aromatic carbocycles. The first-order valence-corrected chi connectivity index (χ1v) is 18.6. The van der Waals surface area contributed by atoms with Gasteiger partial charge in [0.1, 0.15) is 0 Å². The first-order valence-electron chi connectivity index (χ1n) is 18.6. The molecule has 1 atom stereocenters. The lowest BCUT2D eigenvalue weighted by Crippen LogP contribution is -2.23. The first-order chi connectivity index (χ1) is 24.4. The van der Waals surface area contributed by atoms with Crippen LogP contribution >= 0.6 is 0 Å². The van der Waals surface area contributed by atoms with Crippen molar-refractivity contribution in [2.45, 2.75) is 74.1 Å². The topological polar surface area (TPSA) is 6.48 Å². The van der Waals surface area contributed by atoms with Gasteiger partial charge in [-0.15, -0.1) is 0 Å². The minimum absolute atomic E-state index is 0.164. The lowest BCUT2D eigenvalue weighted by Gasteiger charge is -2.36. The normalized spacial score (nSPS) is 13.2. The second-order valence-corrected chi connectivity index (χ2v) is 16.0. The highest BCUT2D eigenvalue weighted by Crippen LogP contribution is 2.45. The molecule has 0 spiro atoms. The zero-order valence-electron chi connectivity index (χ0n) is 31.8. The van der Waals surface area contributed by atoms with Crippen LogP contribution in [-0.2, 0) is 0 Å². The number of hydrogen-bond donors (Lipinski definition) is 0. The van der Waals surface area contributed by atoms with Crippen LogP contribution < -0.4 is 9.80 Å². The fourth-order valence-electron chi connectivity index (χ4n) is 7.21. The first kappa shape index (κ1) is 35.7. The molecule has 6 aromatic rings. The summed E-state index contributed by atoms with van der Waals surface area (Å²) in [6.07, 6.45) is 8.78. The quantitative estimate of drug-likeness (QED) is 0.134. The highest BCUT2D eigenvalue weighted by molar-refractivity contribution is 5.90. The monoisotopic (exact) mass is 670 g/mol. The number of anilines is 5. The number of allylic oxidation sites excluding steroid dienone is 3. The van der Waals surface area contributed by atoms with Crippen LogP contribution in [0.3, 0.4) is 0 Å². The van der Waals surface area contributed by atoms with E-state index in [1.807, 2.05) is 0 Å². The Hall–Kier alpha value is -5.08. The van der Waals surface area contributed by atoms with Crippen LogP contribution in [0.2, 0.25) is 0 Å². The van der Waals surface area contributed by atoms with Gasteiger partial charge in [0, 0.05) is 34.1 Å². The summed E-state index contributed by atoms with van der Waals surface area (Å²) in [7, 11) is 0. The van der Waals surface area contributed by atoms with E-state index in [4.69, 9.17) is 0 Å². The molecule has 0 bridgehead atoms. The number of benzene rings is 6. The van der Waals surface area contributed by atoms with Crippen molar-refractivity contribution in [1.82, 2.24) is 0 Å². The summed E-state index contributed by atoms with van der Waals surface area (Å²) in [6, 6.07) is 49.1. The molecule has 0 saturated heterocycles. The molecule has 0 N–H and O–H groups in total. The average molecular weight is 671 g/mol. The summed E-state index contributed by atoms with van der Waals surface area (Å²) < 4.78 is 0. The largest absolute Gasteiger partial charge is 0.311 e. The van der Waals surface area contributed by atoms with Crippen LogP contribution in [0.25, 0.3) is 21.5 Å². The summed E-state index contributed by atoms with van der Waals surface area (Å²) in [5.41, 5.74) is 8.62. The molecule has 0 aromatic heterocycles. The van der Waals surface area contributed by atoms with E-state index in [0.29, 0.717) is 5.92 Å². The molecule has 1 unspecified atom stereocenters. The summed E-state index contributed by atoms with van der Waals surface area (Å²) >= 11 is 0. The molecule has 0 fully saturated rings. The molecular formula is C49H54N2. The van der Waals surface area contributed by atoms with Crippen molar-refractivity contribution >= 4 is 50.0 Å². The molecule has 0 aliphatic rings. The van der Waals surface area contributed by atoms with Crippen molar-refractivity contribution < 1.29 is 0 Å². The summed E-state index contributed by atoms with van der Waals surface area (Å²) in [5.74, 6) is 0.462. The average Bonchev–Trinajstić information content (AvgIpc) is 3.12. The third-order valence-electron chi connectivity index (χ3n) is 9.84. The molecule has 0 aliphatic carbocycles.